The second-order valence-corrected chi connectivity index (χ2v) is 33.9. The quantitative estimate of drug-likeness (QED) is 0.0293. The zero-order chi connectivity index (χ0) is 93.0. The summed E-state index contributed by atoms with van der Waals surface area (Å²) < 4.78 is 21.6. The minimum atomic E-state index is -0.392. The van der Waals surface area contributed by atoms with Crippen molar-refractivity contribution in [3.63, 3.8) is 0 Å². The molecular weight excluding hydrogens is 1480 g/mol. The largest absolute Gasteiger partial charge is 0.464 e. The molecule has 2 aliphatic heterocycles. The molecule has 23 nitrogen and oxygen atoms in total. The number of hydrogen-bond donors (Lipinski definition) is 3. The third-order valence-electron chi connectivity index (χ3n) is 20.6. The Morgan fingerprint density at radius 1 is 0.479 bits per heavy atom. The number of morpholine rings is 1. The fourth-order valence-electron chi connectivity index (χ4n) is 8.78. The summed E-state index contributed by atoms with van der Waals surface area (Å²) in [4.78, 5) is 96.1. The highest BCUT2D eigenvalue weighted by molar-refractivity contribution is 5.82. The van der Waals surface area contributed by atoms with Gasteiger partial charge in [-0.05, 0) is 200 Å². The third-order valence-corrected chi connectivity index (χ3v) is 20.6. The standard InChI is InChI=1S/C13H28N2O2.C11H24N2O.C11H22N2.C11H21NO.C10H21NO2.C10H21NO.C10H23NO.C10H21N.C2H4.4CH2O.2CH4/c1-8-13(2,3)12(16)17-11(9-14(4)5)10-15(6)7;1-6-11(2,3)10(14)12-8-7-9-13(4)5;1-5-11(3,4)10(2)13-8-6-12-7-9-13;1-4-10(2)11(3)9-12-5-7-13-8-6-12;1-6-10(2,3)9(12)13-8-7-11(4)5;1-5-7-8-11-9(12)10(3,4)6-2;1-5-10(4)12-9-8-11(6-2)7-3;1-7-10(3,4)9(2)8-11(5)6;5*1-2;;/h11H,8-10H2,1-7H3;6-9H2,1-5H3,(H,12,14);12H,2,5-9H2,1,3-4H3;10H,3-9H2,1-2H3;6-8H2,1-5H3;5-8H2,1-4H3,(H,11,12);10H,5-9H2,1-4H3;2,7-8H2,1,3-6H3;1-2H2;4*1H2;2*1H4. The van der Waals surface area contributed by atoms with Crippen molar-refractivity contribution in [3.8, 4) is 0 Å². The summed E-state index contributed by atoms with van der Waals surface area (Å²) in [5, 5.41) is 9.26. The molecule has 2 rings (SSSR count). The maximum atomic E-state index is 12.0. The maximum Gasteiger partial charge on any atom is 0.311 e. The van der Waals surface area contributed by atoms with Crippen LogP contribution >= 0.6 is 0 Å². The highest BCUT2D eigenvalue weighted by atomic mass is 16.5. The van der Waals surface area contributed by atoms with Crippen molar-refractivity contribution in [2.75, 3.05) is 208 Å². The molecule has 0 aromatic carbocycles. The fraction of sp³-hybridized carbons (Fsp3) is 0.830. The Hall–Kier alpha value is -5.08. The van der Waals surface area contributed by atoms with Crippen LogP contribution in [0, 0.1) is 38.4 Å². The van der Waals surface area contributed by atoms with E-state index in [-0.39, 0.29) is 66.4 Å². The Morgan fingerprint density at radius 2 is 0.863 bits per heavy atom. The van der Waals surface area contributed by atoms with Gasteiger partial charge >= 0.3 is 11.9 Å². The lowest BCUT2D eigenvalue weighted by Gasteiger charge is -2.38. The zero-order valence-electron chi connectivity index (χ0n) is 82.2. The van der Waals surface area contributed by atoms with Gasteiger partial charge in [0.05, 0.1) is 36.8 Å². The van der Waals surface area contributed by atoms with E-state index in [4.69, 9.17) is 38.1 Å². The number of rotatable bonds is 41. The van der Waals surface area contributed by atoms with Crippen LogP contribution in [0.3, 0.4) is 0 Å². The van der Waals surface area contributed by atoms with Gasteiger partial charge in [-0.15, -0.1) is 13.2 Å². The Kier molecular flexibility index (Phi) is 105. The number of allylic oxidation sites excluding steroid dienone is 1. The van der Waals surface area contributed by atoms with Crippen molar-refractivity contribution in [1.82, 2.24) is 55.1 Å². The van der Waals surface area contributed by atoms with Gasteiger partial charge in [0.1, 0.15) is 39.9 Å². The lowest BCUT2D eigenvalue weighted by molar-refractivity contribution is -0.161. The van der Waals surface area contributed by atoms with Crippen LogP contribution in [-0.2, 0) is 57.3 Å². The molecule has 2 atom stereocenters. The number of hydrogen-bond acceptors (Lipinski definition) is 21. The van der Waals surface area contributed by atoms with E-state index in [0.29, 0.717) is 24.0 Å². The highest BCUT2D eigenvalue weighted by Crippen LogP contribution is 2.32. The molecule has 2 aliphatic rings. The molecule has 2 unspecified atom stereocenters. The minimum absolute atomic E-state index is 0. The first kappa shape index (κ1) is 141. The van der Waals surface area contributed by atoms with Gasteiger partial charge in [-0.25, -0.2) is 0 Å². The summed E-state index contributed by atoms with van der Waals surface area (Å²) in [6.07, 6.45) is 11.6. The van der Waals surface area contributed by atoms with Gasteiger partial charge < -0.3 is 88.4 Å². The molecule has 0 radical (unpaired) electrons. The van der Waals surface area contributed by atoms with E-state index in [2.05, 4.69) is 177 Å². The Balaban J connectivity index is -0.0000000944. The number of nitrogens with one attached hydrogen (secondary N) is 3. The molecule has 2 amide bonds. The molecule has 3 N–H and O–H groups in total. The summed E-state index contributed by atoms with van der Waals surface area (Å²) >= 11 is 0. The number of nitrogens with zero attached hydrogens (tertiary/aromatic N) is 8. The summed E-state index contributed by atoms with van der Waals surface area (Å²) in [6, 6.07) is 0. The molecule has 2 heterocycles. The van der Waals surface area contributed by atoms with E-state index in [1.807, 2.05) is 181 Å². The number of ether oxygens (including phenoxy) is 4. The van der Waals surface area contributed by atoms with E-state index in [1.54, 1.807) is 0 Å². The smallest absolute Gasteiger partial charge is 0.311 e. The van der Waals surface area contributed by atoms with Crippen molar-refractivity contribution < 1.29 is 57.3 Å². The summed E-state index contributed by atoms with van der Waals surface area (Å²) in [7, 11) is 20.1. The minimum Gasteiger partial charge on any atom is -0.464 e. The SMILES string of the molecule is C.C.C=C.C=C(CN(C)C)C(C)(C)CC.C=C(CN1CCOCC1)C(C)CC.C=C(N1CCNCC1)C(C)(C)CC.C=O.C=O.C=O.C=O.CCC(C)(C)C(=O)NCCCN(C)C.CCC(C)(C)C(=O)OC(CN(C)C)CN(C)C.CCC(C)(C)C(=O)OCCN(C)C.CCC(C)OCCN(CC)CC.CCCCNC(=O)C(C)(C)CC. The molecule has 0 bridgehead atoms. The summed E-state index contributed by atoms with van der Waals surface area (Å²) in [5.74, 6) is 0.797. The molecule has 0 spiro atoms. The van der Waals surface area contributed by atoms with Crippen molar-refractivity contribution in [2.24, 2.45) is 38.4 Å². The monoisotopic (exact) mass is 1680 g/mol. The van der Waals surface area contributed by atoms with Crippen LogP contribution in [0.4, 0.5) is 0 Å². The van der Waals surface area contributed by atoms with Crippen LogP contribution in [0.2, 0.25) is 0 Å². The van der Waals surface area contributed by atoms with Crippen molar-refractivity contribution in [3.05, 3.63) is 49.7 Å². The third kappa shape index (κ3) is 84.3. The van der Waals surface area contributed by atoms with Gasteiger partial charge in [0.25, 0.3) is 0 Å². The molecule has 2 fully saturated rings. The molecule has 0 aromatic rings. The van der Waals surface area contributed by atoms with Crippen LogP contribution in [0.25, 0.3) is 0 Å². The van der Waals surface area contributed by atoms with Crippen molar-refractivity contribution >= 4 is 50.9 Å². The number of esters is 2. The first-order valence-electron chi connectivity index (χ1n) is 42.5. The predicted octanol–water partition coefficient (Wildman–Crippen LogP) is 16.6. The van der Waals surface area contributed by atoms with Crippen LogP contribution < -0.4 is 16.0 Å². The number of amides is 2. The molecule has 23 heteroatoms. The van der Waals surface area contributed by atoms with E-state index in [0.717, 1.165) is 189 Å². The van der Waals surface area contributed by atoms with E-state index in [1.165, 1.54) is 29.7 Å². The van der Waals surface area contributed by atoms with E-state index >= 15 is 0 Å². The molecule has 0 aliphatic carbocycles. The summed E-state index contributed by atoms with van der Waals surface area (Å²) in [5.41, 5.74) is 3.39. The molecule has 2 saturated heterocycles. The van der Waals surface area contributed by atoms with Gasteiger partial charge in [-0.1, -0.05) is 191 Å². The molecule has 0 aromatic heterocycles. The average Bonchev–Trinajstić information content (AvgIpc) is 0.850. The highest BCUT2D eigenvalue weighted by Gasteiger charge is 2.31. The number of carbonyl (C=O) groups excluding carboxylic acids is 8. The molecule has 117 heavy (non-hydrogen) atoms. The van der Waals surface area contributed by atoms with E-state index < -0.39 is 5.41 Å². The van der Waals surface area contributed by atoms with Crippen LogP contribution in [0.5, 0.6) is 0 Å². The Labute approximate surface area is 726 Å². The van der Waals surface area contributed by atoms with Crippen molar-refractivity contribution in [1.29, 1.82) is 0 Å². The van der Waals surface area contributed by atoms with Crippen LogP contribution in [-0.4, -0.2) is 310 Å². The fourth-order valence-corrected chi connectivity index (χ4v) is 8.78. The number of carbonyl (C=O) groups is 8. The van der Waals surface area contributed by atoms with Crippen LogP contribution in [0.15, 0.2) is 49.7 Å². The van der Waals surface area contributed by atoms with Gasteiger partial charge in [0.15, 0.2) is 0 Å². The first-order chi connectivity index (χ1) is 53.5. The normalized spacial score (nSPS) is 12.9. The van der Waals surface area contributed by atoms with Gasteiger partial charge in [-0.2, -0.15) is 0 Å². The number of likely N-dealkylation sites (N-methyl/N-ethyl adjacent to an activating group) is 5. The van der Waals surface area contributed by atoms with E-state index in [9.17, 15) is 19.2 Å². The second kappa shape index (κ2) is 87.3. The molecular formula is C94H201N11O12. The van der Waals surface area contributed by atoms with Gasteiger partial charge in [0, 0.05) is 114 Å². The van der Waals surface area contributed by atoms with Gasteiger partial charge in [0.2, 0.25) is 11.8 Å². The zero-order valence-corrected chi connectivity index (χ0v) is 82.2. The average molecular weight is 1680 g/mol. The second-order valence-electron chi connectivity index (χ2n) is 33.9. The van der Waals surface area contributed by atoms with Crippen LogP contribution in [0.1, 0.15) is 259 Å². The maximum absolute atomic E-state index is 12.0. The van der Waals surface area contributed by atoms with Gasteiger partial charge in [-0.3, -0.25) is 24.1 Å². The molecule has 0 saturated carbocycles. The predicted molar refractivity (Wildman–Crippen MR) is 509 cm³/mol. The number of piperazine rings is 1. The summed E-state index contributed by atoms with van der Waals surface area (Å²) in [6.45, 7) is 98.8. The number of unbranched alkanes of at least 4 members (excludes halogenated alkanes) is 1. The van der Waals surface area contributed by atoms with Crippen molar-refractivity contribution in [2.45, 2.75) is 271 Å². The Bertz CT molecular complexity index is 2260. The molecule has 704 valence electrons. The first-order valence-corrected chi connectivity index (χ1v) is 42.5. The topological polar surface area (TPSA) is 235 Å². The lowest BCUT2D eigenvalue weighted by Crippen LogP contribution is -2.45. The lowest BCUT2D eigenvalue weighted by atomic mass is 9.82. The Morgan fingerprint density at radius 3 is 1.20 bits per heavy atom.